The molecule has 0 saturated heterocycles. The zero-order valence-electron chi connectivity index (χ0n) is 10.1. The first-order valence-electron chi connectivity index (χ1n) is 5.59. The molecule has 20 heavy (non-hydrogen) atoms. The third-order valence-corrected chi connectivity index (χ3v) is 3.11. The van der Waals surface area contributed by atoms with Crippen molar-refractivity contribution in [3.05, 3.63) is 58.5 Å². The van der Waals surface area contributed by atoms with E-state index in [1.165, 1.54) is 42.6 Å². The van der Waals surface area contributed by atoms with Crippen molar-refractivity contribution < 1.29 is 13.6 Å². The van der Waals surface area contributed by atoms with Gasteiger partial charge in [0.1, 0.15) is 0 Å². The van der Waals surface area contributed by atoms with Gasteiger partial charge in [-0.05, 0) is 30.3 Å². The van der Waals surface area contributed by atoms with Gasteiger partial charge in [0.2, 0.25) is 5.56 Å². The Morgan fingerprint density at radius 2 is 1.85 bits per heavy atom. The number of aromatic nitrogens is 1. The first kappa shape index (κ1) is 14.3. The summed E-state index contributed by atoms with van der Waals surface area (Å²) < 4.78 is 24.3. The van der Waals surface area contributed by atoms with Crippen molar-refractivity contribution in [2.24, 2.45) is 0 Å². The molecule has 1 aromatic carbocycles. The molecular formula is C13H10F2N2O2S. The minimum absolute atomic E-state index is 0.296. The fraction of sp³-hybridized carbons (Fsp3) is 0.0769. The third-order valence-electron chi connectivity index (χ3n) is 2.38. The lowest BCUT2D eigenvalue weighted by Gasteiger charge is -2.06. The number of aromatic amines is 1. The van der Waals surface area contributed by atoms with E-state index in [1.807, 2.05) is 0 Å². The molecule has 0 aliphatic carbocycles. The molecule has 4 nitrogen and oxygen atoms in total. The number of carbonyl (C=O) groups is 1. The number of nitrogens with one attached hydrogen (secondary N) is 2. The van der Waals surface area contributed by atoms with Gasteiger partial charge in [0.25, 0.3) is 11.7 Å². The topological polar surface area (TPSA) is 62.0 Å². The lowest BCUT2D eigenvalue weighted by molar-refractivity contribution is 0.102. The van der Waals surface area contributed by atoms with Gasteiger partial charge in [0.15, 0.2) is 0 Å². The monoisotopic (exact) mass is 296 g/mol. The summed E-state index contributed by atoms with van der Waals surface area (Å²) in [5.41, 5.74) is 0.491. The highest BCUT2D eigenvalue weighted by Crippen LogP contribution is 2.26. The van der Waals surface area contributed by atoms with E-state index in [0.29, 0.717) is 27.9 Å². The number of H-pyrrole nitrogens is 1. The second-order valence-corrected chi connectivity index (χ2v) is 4.86. The van der Waals surface area contributed by atoms with Gasteiger partial charge in [-0.3, -0.25) is 9.59 Å². The largest absolute Gasteiger partial charge is 0.328 e. The van der Waals surface area contributed by atoms with Crippen LogP contribution in [0.25, 0.3) is 0 Å². The quantitative estimate of drug-likeness (QED) is 0.853. The van der Waals surface area contributed by atoms with Crippen molar-refractivity contribution in [3.63, 3.8) is 0 Å². The van der Waals surface area contributed by atoms with Gasteiger partial charge in [0, 0.05) is 22.8 Å². The van der Waals surface area contributed by atoms with Crippen LogP contribution >= 0.6 is 11.8 Å². The summed E-state index contributed by atoms with van der Waals surface area (Å²) in [5, 5.41) is 2.60. The Hall–Kier alpha value is -2.15. The number of alkyl halides is 2. The van der Waals surface area contributed by atoms with Crippen molar-refractivity contribution in [2.75, 3.05) is 5.32 Å². The smallest absolute Gasteiger partial charge is 0.288 e. The number of thioether (sulfide) groups is 1. The van der Waals surface area contributed by atoms with Crippen LogP contribution in [0.15, 0.2) is 52.3 Å². The van der Waals surface area contributed by atoms with Gasteiger partial charge in [-0.2, -0.15) is 8.78 Å². The Bertz CT molecular complexity index is 636. The second kappa shape index (κ2) is 6.33. The summed E-state index contributed by atoms with van der Waals surface area (Å²) in [6, 6.07) is 8.72. The number of benzene rings is 1. The van der Waals surface area contributed by atoms with Crippen LogP contribution < -0.4 is 10.9 Å². The van der Waals surface area contributed by atoms with E-state index in [-0.39, 0.29) is 5.56 Å². The lowest BCUT2D eigenvalue weighted by atomic mass is 10.2. The minimum atomic E-state index is -2.48. The van der Waals surface area contributed by atoms with Crippen molar-refractivity contribution in [1.29, 1.82) is 0 Å². The number of carbonyl (C=O) groups excluding carboxylic acids is 1. The average molecular weight is 296 g/mol. The van der Waals surface area contributed by atoms with Crippen LogP contribution in [0.4, 0.5) is 14.5 Å². The van der Waals surface area contributed by atoms with Crippen LogP contribution in [-0.2, 0) is 0 Å². The Labute approximate surface area is 117 Å². The molecule has 0 saturated carbocycles. The summed E-state index contributed by atoms with van der Waals surface area (Å²) in [5.74, 6) is -2.87. The summed E-state index contributed by atoms with van der Waals surface area (Å²) in [7, 11) is 0. The number of hydrogen-bond donors (Lipinski definition) is 2. The highest BCUT2D eigenvalue weighted by atomic mass is 32.2. The van der Waals surface area contributed by atoms with E-state index >= 15 is 0 Å². The Morgan fingerprint density at radius 1 is 1.15 bits per heavy atom. The lowest BCUT2D eigenvalue weighted by Crippen LogP contribution is -2.14. The normalized spacial score (nSPS) is 10.6. The molecule has 0 radical (unpaired) electrons. The van der Waals surface area contributed by atoms with Crippen LogP contribution in [0.1, 0.15) is 10.4 Å². The molecule has 0 atom stereocenters. The van der Waals surface area contributed by atoms with Crippen LogP contribution in [0.5, 0.6) is 0 Å². The predicted molar refractivity (Wildman–Crippen MR) is 73.3 cm³/mol. The van der Waals surface area contributed by atoms with E-state index in [4.69, 9.17) is 0 Å². The maximum atomic E-state index is 12.1. The third kappa shape index (κ3) is 3.92. The fourth-order valence-corrected chi connectivity index (χ4v) is 1.97. The molecule has 0 aliphatic rings. The van der Waals surface area contributed by atoms with Gasteiger partial charge >= 0.3 is 0 Å². The highest BCUT2D eigenvalue weighted by molar-refractivity contribution is 7.99. The van der Waals surface area contributed by atoms with Gasteiger partial charge < -0.3 is 10.3 Å². The van der Waals surface area contributed by atoms with Crippen molar-refractivity contribution in [3.8, 4) is 0 Å². The van der Waals surface area contributed by atoms with Crippen LogP contribution in [0, 0.1) is 0 Å². The SMILES string of the molecule is O=C(Nc1ccc(SC(F)F)cc1)c1ccc(=O)[nH]c1. The molecule has 0 spiro atoms. The minimum Gasteiger partial charge on any atom is -0.328 e. The molecule has 1 heterocycles. The molecule has 0 fully saturated rings. The number of anilines is 1. The molecular weight excluding hydrogens is 286 g/mol. The van der Waals surface area contributed by atoms with Gasteiger partial charge in [-0.15, -0.1) is 0 Å². The van der Waals surface area contributed by atoms with Gasteiger partial charge in [-0.1, -0.05) is 11.8 Å². The van der Waals surface area contributed by atoms with Crippen molar-refractivity contribution in [2.45, 2.75) is 10.7 Å². The van der Waals surface area contributed by atoms with Crippen LogP contribution in [0.2, 0.25) is 0 Å². The van der Waals surface area contributed by atoms with E-state index in [1.54, 1.807) is 0 Å². The molecule has 2 rings (SSSR count). The van der Waals surface area contributed by atoms with E-state index in [9.17, 15) is 18.4 Å². The zero-order valence-corrected chi connectivity index (χ0v) is 10.9. The summed E-state index contributed by atoms with van der Waals surface area (Å²) in [6.45, 7) is 0. The van der Waals surface area contributed by atoms with Crippen molar-refractivity contribution in [1.82, 2.24) is 4.98 Å². The van der Waals surface area contributed by atoms with Crippen LogP contribution in [0.3, 0.4) is 0 Å². The zero-order chi connectivity index (χ0) is 14.5. The highest BCUT2D eigenvalue weighted by Gasteiger charge is 2.07. The second-order valence-electron chi connectivity index (χ2n) is 3.80. The van der Waals surface area contributed by atoms with E-state index in [2.05, 4.69) is 10.3 Å². The molecule has 0 aliphatic heterocycles. The standard InChI is InChI=1S/C13H10F2N2O2S/c14-13(15)20-10-4-2-9(3-5-10)17-12(19)8-1-6-11(18)16-7-8/h1-7,13H,(H,16,18)(H,17,19). The maximum Gasteiger partial charge on any atom is 0.288 e. The molecule has 7 heteroatoms. The molecule has 2 aromatic rings. The first-order valence-corrected chi connectivity index (χ1v) is 6.47. The number of halogens is 2. The summed E-state index contributed by atoms with van der Waals surface area (Å²) in [4.78, 5) is 25.5. The average Bonchev–Trinajstić information content (AvgIpc) is 2.41. The molecule has 1 aromatic heterocycles. The predicted octanol–water partition coefficient (Wildman–Crippen LogP) is 2.94. The van der Waals surface area contributed by atoms with Crippen molar-refractivity contribution >= 4 is 23.4 Å². The Kier molecular flexibility index (Phi) is 4.52. The molecule has 104 valence electrons. The Morgan fingerprint density at radius 3 is 2.40 bits per heavy atom. The first-order chi connectivity index (χ1) is 9.54. The molecule has 1 amide bonds. The maximum absolute atomic E-state index is 12.1. The van der Waals surface area contributed by atoms with E-state index in [0.717, 1.165) is 0 Å². The van der Waals surface area contributed by atoms with Gasteiger partial charge in [0.05, 0.1) is 5.56 Å². The molecule has 0 unspecified atom stereocenters. The number of amides is 1. The van der Waals surface area contributed by atoms with Gasteiger partial charge in [-0.25, -0.2) is 0 Å². The Balaban J connectivity index is 2.04. The fourth-order valence-electron chi connectivity index (χ4n) is 1.47. The summed E-state index contributed by atoms with van der Waals surface area (Å²) >= 11 is 0.438. The summed E-state index contributed by atoms with van der Waals surface area (Å²) in [6.07, 6.45) is 1.30. The molecule has 0 bridgehead atoms. The molecule has 2 N–H and O–H groups in total. The number of hydrogen-bond acceptors (Lipinski definition) is 3. The van der Waals surface area contributed by atoms with E-state index < -0.39 is 11.7 Å². The van der Waals surface area contributed by atoms with Crippen LogP contribution in [-0.4, -0.2) is 16.6 Å². The number of pyridine rings is 1. The number of rotatable bonds is 4.